The van der Waals surface area contributed by atoms with Crippen molar-refractivity contribution in [1.82, 2.24) is 4.98 Å². The second-order valence-corrected chi connectivity index (χ2v) is 4.64. The van der Waals surface area contributed by atoms with Gasteiger partial charge in [-0.2, -0.15) is 0 Å². The van der Waals surface area contributed by atoms with E-state index in [1.807, 2.05) is 0 Å². The highest BCUT2D eigenvalue weighted by Crippen LogP contribution is 2.32. The van der Waals surface area contributed by atoms with Crippen LogP contribution >= 0.6 is 12.2 Å². The molecular weight excluding hydrogens is 218 g/mol. The van der Waals surface area contributed by atoms with E-state index in [9.17, 15) is 0 Å². The molecule has 0 bridgehead atoms. The van der Waals surface area contributed by atoms with Crippen molar-refractivity contribution in [3.05, 3.63) is 52.2 Å². The average Bonchev–Trinajstić information content (AvgIpc) is 2.69. The van der Waals surface area contributed by atoms with Crippen LogP contribution in [0.4, 0.5) is 0 Å². The Morgan fingerprint density at radius 1 is 1.25 bits per heavy atom. The van der Waals surface area contributed by atoms with E-state index in [-0.39, 0.29) is 0 Å². The number of H-pyrrole nitrogens is 1. The Labute approximate surface area is 99.3 Å². The molecule has 1 aromatic heterocycles. The number of fused-ring (bicyclic) bond motifs is 1. The molecule has 1 N–H and O–H groups in total. The zero-order chi connectivity index (χ0) is 11.0. The van der Waals surface area contributed by atoms with Gasteiger partial charge in [-0.25, -0.2) is 0 Å². The summed E-state index contributed by atoms with van der Waals surface area (Å²) in [5.74, 6) is 1.62. The van der Waals surface area contributed by atoms with Gasteiger partial charge in [0, 0.05) is 6.42 Å². The maximum Gasteiger partial charge on any atom is 0.266 e. The molecule has 2 nitrogen and oxygen atoms in total. The molecule has 1 aromatic carbocycles. The van der Waals surface area contributed by atoms with E-state index in [0.717, 1.165) is 18.6 Å². The molecule has 0 radical (unpaired) electrons. The molecule has 1 aliphatic rings. The molecule has 3 heteroatoms. The molecule has 0 spiro atoms. The van der Waals surface area contributed by atoms with Gasteiger partial charge in [-0.05, 0) is 36.5 Å². The summed E-state index contributed by atoms with van der Waals surface area (Å²) in [6, 6.07) is 10.6. The molecule has 1 heterocycles. The number of aryl methyl sites for hydroxylation is 1. The molecule has 1 atom stereocenters. The zero-order valence-corrected chi connectivity index (χ0v) is 9.72. The van der Waals surface area contributed by atoms with Crippen molar-refractivity contribution < 1.29 is 4.42 Å². The summed E-state index contributed by atoms with van der Waals surface area (Å²) in [5, 5.41) is 0. The Morgan fingerprint density at radius 2 is 2.06 bits per heavy atom. The fraction of sp³-hybridized carbons (Fsp3) is 0.308. The second-order valence-electron chi connectivity index (χ2n) is 4.27. The summed E-state index contributed by atoms with van der Waals surface area (Å²) < 4.78 is 5.52. The van der Waals surface area contributed by atoms with Crippen LogP contribution in [0.15, 0.2) is 34.7 Å². The van der Waals surface area contributed by atoms with Crippen LogP contribution in [-0.2, 0) is 12.8 Å². The van der Waals surface area contributed by atoms with Gasteiger partial charge < -0.3 is 9.40 Å². The summed E-state index contributed by atoms with van der Waals surface area (Å²) in [6.07, 6.45) is 3.17. The number of oxazole rings is 1. The highest BCUT2D eigenvalue weighted by Gasteiger charge is 2.23. The molecule has 0 fully saturated rings. The molecule has 0 saturated heterocycles. The maximum atomic E-state index is 5.52. The van der Waals surface area contributed by atoms with E-state index < -0.39 is 0 Å². The van der Waals surface area contributed by atoms with E-state index in [1.165, 1.54) is 17.7 Å². The summed E-state index contributed by atoms with van der Waals surface area (Å²) >= 11 is 5.01. The van der Waals surface area contributed by atoms with Gasteiger partial charge in [-0.15, -0.1) is 0 Å². The van der Waals surface area contributed by atoms with E-state index in [0.29, 0.717) is 10.8 Å². The van der Waals surface area contributed by atoms with Crippen LogP contribution < -0.4 is 0 Å². The van der Waals surface area contributed by atoms with Gasteiger partial charge in [-0.1, -0.05) is 30.3 Å². The fourth-order valence-corrected chi connectivity index (χ4v) is 2.64. The lowest BCUT2D eigenvalue weighted by Gasteiger charge is -2.20. The Hall–Kier alpha value is -1.35. The van der Waals surface area contributed by atoms with Crippen molar-refractivity contribution in [2.45, 2.75) is 25.2 Å². The minimum absolute atomic E-state index is 0.513. The third-order valence-corrected chi connectivity index (χ3v) is 3.44. The lowest BCUT2D eigenvalue weighted by molar-refractivity contribution is 0.442. The van der Waals surface area contributed by atoms with Gasteiger partial charge in [0.15, 0.2) is 0 Å². The van der Waals surface area contributed by atoms with Crippen molar-refractivity contribution >= 4 is 12.2 Å². The van der Waals surface area contributed by atoms with E-state index in [1.54, 1.807) is 0 Å². The summed E-state index contributed by atoms with van der Waals surface area (Å²) in [5.41, 5.74) is 2.59. The van der Waals surface area contributed by atoms with Gasteiger partial charge in [0.1, 0.15) is 5.76 Å². The highest BCUT2D eigenvalue weighted by molar-refractivity contribution is 7.71. The number of aromatic nitrogens is 1. The minimum atomic E-state index is 0.513. The Balaban J connectivity index is 1.91. The van der Waals surface area contributed by atoms with Crippen LogP contribution in [0.5, 0.6) is 0 Å². The van der Waals surface area contributed by atoms with Crippen molar-refractivity contribution in [2.75, 3.05) is 0 Å². The molecule has 1 unspecified atom stereocenters. The van der Waals surface area contributed by atoms with Crippen LogP contribution in [0.1, 0.15) is 29.4 Å². The van der Waals surface area contributed by atoms with Crippen molar-refractivity contribution in [2.24, 2.45) is 0 Å². The van der Waals surface area contributed by atoms with E-state index >= 15 is 0 Å². The molecule has 0 saturated carbocycles. The largest absolute Gasteiger partial charge is 0.434 e. The third kappa shape index (κ3) is 1.71. The van der Waals surface area contributed by atoms with Gasteiger partial charge in [0.05, 0.1) is 5.69 Å². The molecule has 2 aromatic rings. The number of rotatable bonds is 1. The van der Waals surface area contributed by atoms with E-state index in [4.69, 9.17) is 16.6 Å². The number of benzene rings is 1. The standard InChI is InChI=1S/C13H13NOS/c16-13-14-11-7-6-10(8-12(11)15-13)9-4-2-1-3-5-9/h1-5,10H,6-8H2,(H,14,16). The first-order chi connectivity index (χ1) is 7.83. The second kappa shape index (κ2) is 3.91. The quantitative estimate of drug-likeness (QED) is 0.760. The monoisotopic (exact) mass is 231 g/mol. The lowest BCUT2D eigenvalue weighted by Crippen LogP contribution is -2.11. The SMILES string of the molecule is S=c1[nH]c2c(o1)CC(c1ccccc1)CC2. The van der Waals surface area contributed by atoms with Crippen LogP contribution in [0.3, 0.4) is 0 Å². The van der Waals surface area contributed by atoms with E-state index in [2.05, 4.69) is 35.3 Å². The molecule has 3 rings (SSSR count). The van der Waals surface area contributed by atoms with Crippen LogP contribution in [0.25, 0.3) is 0 Å². The van der Waals surface area contributed by atoms with Crippen LogP contribution in [0, 0.1) is 4.84 Å². The minimum Gasteiger partial charge on any atom is -0.434 e. The topological polar surface area (TPSA) is 28.9 Å². The average molecular weight is 231 g/mol. The molecule has 1 aliphatic carbocycles. The predicted octanol–water partition coefficient (Wildman–Crippen LogP) is 3.61. The number of aromatic amines is 1. The Kier molecular flexibility index (Phi) is 2.40. The first kappa shape index (κ1) is 9.85. The number of nitrogens with one attached hydrogen (secondary N) is 1. The predicted molar refractivity (Wildman–Crippen MR) is 65.1 cm³/mol. The number of hydrogen-bond donors (Lipinski definition) is 1. The lowest BCUT2D eigenvalue weighted by atomic mass is 9.85. The Morgan fingerprint density at radius 3 is 2.88 bits per heavy atom. The van der Waals surface area contributed by atoms with Gasteiger partial charge in [-0.3, -0.25) is 0 Å². The number of hydrogen-bond acceptors (Lipinski definition) is 2. The fourth-order valence-electron chi connectivity index (χ4n) is 2.41. The first-order valence-corrected chi connectivity index (χ1v) is 5.99. The summed E-state index contributed by atoms with van der Waals surface area (Å²) in [6.45, 7) is 0. The van der Waals surface area contributed by atoms with Crippen molar-refractivity contribution in [1.29, 1.82) is 0 Å². The van der Waals surface area contributed by atoms with Gasteiger partial charge in [0.25, 0.3) is 4.84 Å². The van der Waals surface area contributed by atoms with Crippen molar-refractivity contribution in [3.8, 4) is 0 Å². The third-order valence-electron chi connectivity index (χ3n) is 3.25. The smallest absolute Gasteiger partial charge is 0.266 e. The molecule has 16 heavy (non-hydrogen) atoms. The first-order valence-electron chi connectivity index (χ1n) is 5.59. The van der Waals surface area contributed by atoms with Gasteiger partial charge in [0.2, 0.25) is 0 Å². The summed E-state index contributed by atoms with van der Waals surface area (Å²) in [4.78, 5) is 3.63. The Bertz CT molecular complexity index is 541. The molecular formula is C13H13NOS. The van der Waals surface area contributed by atoms with Gasteiger partial charge >= 0.3 is 0 Å². The molecule has 0 amide bonds. The molecule has 0 aliphatic heterocycles. The highest BCUT2D eigenvalue weighted by atomic mass is 32.1. The normalized spacial score (nSPS) is 19.4. The zero-order valence-electron chi connectivity index (χ0n) is 8.90. The van der Waals surface area contributed by atoms with Crippen molar-refractivity contribution in [3.63, 3.8) is 0 Å². The molecule has 82 valence electrons. The van der Waals surface area contributed by atoms with Crippen LogP contribution in [0.2, 0.25) is 0 Å². The summed E-state index contributed by atoms with van der Waals surface area (Å²) in [7, 11) is 0. The van der Waals surface area contributed by atoms with Crippen LogP contribution in [-0.4, -0.2) is 4.98 Å². The maximum absolute atomic E-state index is 5.52.